The standard InChI is InChI=1S/C54H59N7O9/c1-32-20-21-38-37(17-12-30-68-41-18-10-14-35-13-8-9-15-36(35)41)49(53(67)70-54(4,5)6)60(48(38)45(32)46-33(2)56-57(7)34(46)3)29-26-58-24-27-59(28-25-58)44(63)31-69-42-19-11-16-39-47(42)52(66)61(51(39)65)40-22-23-43(62)55-50(40)64/h8-11,13-16,18-21,40H,12,17,22-31H2,1-7H3,(H,55,62,64). The lowest BCUT2D eigenvalue weighted by Crippen LogP contribution is -2.54. The van der Waals surface area contributed by atoms with Gasteiger partial charge in [0.1, 0.15) is 28.8 Å². The summed E-state index contributed by atoms with van der Waals surface area (Å²) < 4.78 is 22.6. The van der Waals surface area contributed by atoms with Crippen molar-refractivity contribution >= 4 is 57.2 Å². The molecule has 3 aliphatic heterocycles. The molecule has 3 aliphatic rings. The van der Waals surface area contributed by atoms with E-state index < -0.39 is 41.2 Å². The summed E-state index contributed by atoms with van der Waals surface area (Å²) >= 11 is 0. The Morgan fingerprint density at radius 1 is 0.786 bits per heavy atom. The molecule has 0 saturated carbocycles. The lowest BCUT2D eigenvalue weighted by atomic mass is 9.94. The zero-order chi connectivity index (χ0) is 49.6. The summed E-state index contributed by atoms with van der Waals surface area (Å²) in [5, 5.41) is 10.1. The molecule has 5 amide bonds. The number of aryl methyl sites for hydroxylation is 4. The maximum atomic E-state index is 14.7. The lowest BCUT2D eigenvalue weighted by Gasteiger charge is -2.35. The van der Waals surface area contributed by atoms with Crippen molar-refractivity contribution in [3.05, 3.63) is 112 Å². The predicted octanol–water partition coefficient (Wildman–Crippen LogP) is 6.71. The van der Waals surface area contributed by atoms with E-state index in [4.69, 9.17) is 19.3 Å². The minimum Gasteiger partial charge on any atom is -0.493 e. The third-order valence-electron chi connectivity index (χ3n) is 13.6. The van der Waals surface area contributed by atoms with E-state index in [0.29, 0.717) is 64.4 Å². The van der Waals surface area contributed by atoms with Crippen molar-refractivity contribution in [1.29, 1.82) is 0 Å². The van der Waals surface area contributed by atoms with Gasteiger partial charge in [-0.3, -0.25) is 43.8 Å². The Morgan fingerprint density at radius 3 is 2.24 bits per heavy atom. The molecule has 4 aromatic carbocycles. The molecule has 1 N–H and O–H groups in total. The number of nitrogens with zero attached hydrogens (tertiary/aromatic N) is 6. The Labute approximate surface area is 406 Å². The molecule has 2 aromatic heterocycles. The molecule has 0 aliphatic carbocycles. The Bertz CT molecular complexity index is 3090. The first kappa shape index (κ1) is 47.7. The largest absolute Gasteiger partial charge is 0.493 e. The molecule has 16 heteroatoms. The second kappa shape index (κ2) is 19.2. The van der Waals surface area contributed by atoms with Gasteiger partial charge in [0.25, 0.3) is 17.7 Å². The smallest absolute Gasteiger partial charge is 0.355 e. The predicted molar refractivity (Wildman–Crippen MR) is 263 cm³/mol. The summed E-state index contributed by atoms with van der Waals surface area (Å²) in [7, 11) is 1.94. The molecule has 70 heavy (non-hydrogen) atoms. The molecule has 0 spiro atoms. The molecule has 2 fully saturated rings. The molecule has 364 valence electrons. The van der Waals surface area contributed by atoms with Crippen molar-refractivity contribution in [2.24, 2.45) is 7.05 Å². The van der Waals surface area contributed by atoms with Crippen molar-refractivity contribution in [2.75, 3.05) is 45.9 Å². The average molecular weight is 950 g/mol. The number of amides is 5. The number of nitrogens with one attached hydrogen (secondary N) is 1. The van der Waals surface area contributed by atoms with Crippen LogP contribution in [-0.4, -0.2) is 122 Å². The van der Waals surface area contributed by atoms with Crippen LogP contribution in [0.5, 0.6) is 11.5 Å². The van der Waals surface area contributed by atoms with Gasteiger partial charge >= 0.3 is 5.97 Å². The topological polar surface area (TPSA) is 175 Å². The van der Waals surface area contributed by atoms with Crippen molar-refractivity contribution in [3.63, 3.8) is 0 Å². The number of imide groups is 2. The summed E-state index contributed by atoms with van der Waals surface area (Å²) in [6.07, 6.45) is 1.24. The van der Waals surface area contributed by atoms with E-state index in [-0.39, 0.29) is 42.2 Å². The molecular weight excluding hydrogens is 891 g/mol. The summed E-state index contributed by atoms with van der Waals surface area (Å²) in [4.78, 5) is 84.5. The van der Waals surface area contributed by atoms with Crippen LogP contribution in [0.15, 0.2) is 72.8 Å². The number of ether oxygens (including phenoxy) is 3. The van der Waals surface area contributed by atoms with Gasteiger partial charge in [-0.15, -0.1) is 0 Å². The van der Waals surface area contributed by atoms with Crippen LogP contribution in [0, 0.1) is 20.8 Å². The number of esters is 1. The molecular formula is C54H59N7O9. The first-order valence-corrected chi connectivity index (χ1v) is 24.0. The van der Waals surface area contributed by atoms with Gasteiger partial charge in [0.2, 0.25) is 11.8 Å². The second-order valence-corrected chi connectivity index (χ2v) is 19.4. The number of piperidine rings is 1. The highest BCUT2D eigenvalue weighted by Crippen LogP contribution is 2.41. The fourth-order valence-corrected chi connectivity index (χ4v) is 10.2. The van der Waals surface area contributed by atoms with E-state index in [0.717, 1.165) is 66.0 Å². The van der Waals surface area contributed by atoms with Crippen LogP contribution in [-0.2, 0) is 39.1 Å². The lowest BCUT2D eigenvalue weighted by molar-refractivity contribution is -0.136. The van der Waals surface area contributed by atoms with Crippen LogP contribution in [0.25, 0.3) is 32.8 Å². The summed E-state index contributed by atoms with van der Waals surface area (Å²) in [5.74, 6) is -2.32. The number of hydrogen-bond donors (Lipinski definition) is 1. The van der Waals surface area contributed by atoms with Gasteiger partial charge in [-0.1, -0.05) is 54.6 Å². The van der Waals surface area contributed by atoms with E-state index in [1.165, 1.54) is 12.1 Å². The van der Waals surface area contributed by atoms with Gasteiger partial charge in [0.15, 0.2) is 6.61 Å². The maximum absolute atomic E-state index is 14.7. The molecule has 1 atom stereocenters. The fraction of sp³-hybridized carbons (Fsp3) is 0.389. The monoisotopic (exact) mass is 949 g/mol. The Morgan fingerprint density at radius 2 is 1.51 bits per heavy atom. The number of fused-ring (bicyclic) bond motifs is 3. The summed E-state index contributed by atoms with van der Waals surface area (Å²) in [6.45, 7) is 14.9. The normalized spacial score (nSPS) is 16.6. The van der Waals surface area contributed by atoms with Crippen LogP contribution in [0.2, 0.25) is 0 Å². The second-order valence-electron chi connectivity index (χ2n) is 19.4. The molecule has 6 aromatic rings. The fourth-order valence-electron chi connectivity index (χ4n) is 10.2. The number of hydrogen-bond acceptors (Lipinski definition) is 11. The van der Waals surface area contributed by atoms with E-state index in [1.54, 1.807) is 11.0 Å². The highest BCUT2D eigenvalue weighted by Gasteiger charge is 2.46. The molecule has 9 rings (SSSR count). The zero-order valence-corrected chi connectivity index (χ0v) is 40.8. The SMILES string of the molecule is Cc1ccc2c(CCCOc3cccc4ccccc34)c(C(=O)OC(C)(C)C)n(CCN3CCN(C(=O)COc4cccc5c4C(=O)N(C4CCC(=O)NC4=O)C5=O)CC3)c2c1-c1c(C)nn(C)c1C. The average Bonchev–Trinajstić information content (AvgIpc) is 3.88. The van der Waals surface area contributed by atoms with Gasteiger partial charge in [-0.2, -0.15) is 5.10 Å². The molecule has 1 unspecified atom stereocenters. The molecule has 0 bridgehead atoms. The van der Waals surface area contributed by atoms with Gasteiger partial charge in [0, 0.05) is 80.3 Å². The van der Waals surface area contributed by atoms with Crippen LogP contribution >= 0.6 is 0 Å². The Balaban J connectivity index is 0.939. The van der Waals surface area contributed by atoms with Crippen LogP contribution < -0.4 is 14.8 Å². The van der Waals surface area contributed by atoms with Crippen molar-refractivity contribution in [2.45, 2.75) is 85.4 Å². The Kier molecular flexibility index (Phi) is 13.1. The quantitative estimate of drug-likeness (QED) is 0.0698. The first-order valence-electron chi connectivity index (χ1n) is 24.0. The van der Waals surface area contributed by atoms with Gasteiger partial charge in [-0.25, -0.2) is 4.79 Å². The number of carbonyl (C=O) groups is 6. The number of rotatable bonds is 14. The van der Waals surface area contributed by atoms with Crippen molar-refractivity contribution in [3.8, 4) is 22.6 Å². The molecule has 0 radical (unpaired) electrons. The third kappa shape index (κ3) is 9.15. The van der Waals surface area contributed by atoms with Crippen LogP contribution in [0.4, 0.5) is 0 Å². The van der Waals surface area contributed by atoms with Gasteiger partial charge in [0.05, 0.1) is 28.9 Å². The molecule has 5 heterocycles. The number of benzene rings is 4. The number of piperazine rings is 1. The van der Waals surface area contributed by atoms with E-state index in [1.807, 2.05) is 63.7 Å². The minimum absolute atomic E-state index is 0.00283. The molecule has 2 saturated heterocycles. The summed E-state index contributed by atoms with van der Waals surface area (Å²) in [6, 6.07) is 21.9. The van der Waals surface area contributed by atoms with E-state index in [9.17, 15) is 28.8 Å². The number of carbonyl (C=O) groups excluding carboxylic acids is 6. The third-order valence-corrected chi connectivity index (χ3v) is 13.6. The van der Waals surface area contributed by atoms with Gasteiger partial charge < -0.3 is 23.7 Å². The van der Waals surface area contributed by atoms with Crippen molar-refractivity contribution in [1.82, 2.24) is 34.4 Å². The highest BCUT2D eigenvalue weighted by molar-refractivity contribution is 6.24. The molecule has 16 nitrogen and oxygen atoms in total. The van der Waals surface area contributed by atoms with Crippen molar-refractivity contribution < 1.29 is 43.0 Å². The van der Waals surface area contributed by atoms with Gasteiger partial charge in [-0.05, 0) is 95.5 Å². The number of aromatic nitrogens is 3. The van der Waals surface area contributed by atoms with E-state index in [2.05, 4.69) is 59.0 Å². The maximum Gasteiger partial charge on any atom is 0.355 e. The summed E-state index contributed by atoms with van der Waals surface area (Å²) in [5.41, 5.74) is 6.70. The zero-order valence-electron chi connectivity index (χ0n) is 40.8. The van der Waals surface area contributed by atoms with Crippen LogP contribution in [0.1, 0.15) is 93.8 Å². The first-order chi connectivity index (χ1) is 33.5. The van der Waals surface area contributed by atoms with Crippen LogP contribution in [0.3, 0.4) is 0 Å². The Hall–Kier alpha value is -7.33. The highest BCUT2D eigenvalue weighted by atomic mass is 16.6. The van der Waals surface area contributed by atoms with E-state index >= 15 is 0 Å². The minimum atomic E-state index is -1.12.